The Labute approximate surface area is 154 Å². The normalized spacial score (nSPS) is 26.8. The van der Waals surface area contributed by atoms with Crippen LogP contribution in [0.3, 0.4) is 0 Å². The Bertz CT molecular complexity index is 571. The minimum absolute atomic E-state index is 0.0859. The van der Waals surface area contributed by atoms with E-state index in [1.54, 1.807) is 27.7 Å². The summed E-state index contributed by atoms with van der Waals surface area (Å²) < 4.78 is 10.0. The molecule has 1 aliphatic carbocycles. The molecule has 2 amide bonds. The summed E-state index contributed by atoms with van der Waals surface area (Å²) in [6, 6.07) is 0. The van der Waals surface area contributed by atoms with Crippen LogP contribution in [0.4, 0.5) is 0 Å². The number of carbonyl (C=O) groups is 4. The molecule has 7 nitrogen and oxygen atoms in total. The molecule has 26 heavy (non-hydrogen) atoms. The van der Waals surface area contributed by atoms with E-state index in [2.05, 4.69) is 0 Å². The van der Waals surface area contributed by atoms with Crippen LogP contribution in [0.1, 0.15) is 59.8 Å². The topological polar surface area (TPSA) is 90.0 Å². The van der Waals surface area contributed by atoms with E-state index < -0.39 is 11.4 Å². The van der Waals surface area contributed by atoms with Crippen LogP contribution < -0.4 is 0 Å². The summed E-state index contributed by atoms with van der Waals surface area (Å²) in [7, 11) is 0. The van der Waals surface area contributed by atoms with Crippen LogP contribution >= 0.6 is 0 Å². The number of ether oxygens (including phenoxy) is 2. The van der Waals surface area contributed by atoms with Crippen molar-refractivity contribution in [2.45, 2.75) is 59.8 Å². The number of esters is 2. The van der Waals surface area contributed by atoms with Gasteiger partial charge in [-0.1, -0.05) is 6.92 Å². The number of rotatable bonds is 5. The van der Waals surface area contributed by atoms with Gasteiger partial charge in [0, 0.05) is 18.9 Å². The SMILES string of the molecule is CC1CC(=O)N(CC2CCC(C(=O)OCOC(=O)C(C)(C)C)CC2)C1=O. The van der Waals surface area contributed by atoms with Gasteiger partial charge in [-0.05, 0) is 52.4 Å². The highest BCUT2D eigenvalue weighted by Gasteiger charge is 2.38. The first-order valence-electron chi connectivity index (χ1n) is 9.27. The highest BCUT2D eigenvalue weighted by molar-refractivity contribution is 6.03. The second-order valence-corrected chi connectivity index (χ2v) is 8.43. The van der Waals surface area contributed by atoms with Gasteiger partial charge in [0.1, 0.15) is 0 Å². The Balaban J connectivity index is 1.71. The molecule has 0 aromatic heterocycles. The predicted octanol–water partition coefficient (Wildman–Crippen LogP) is 2.28. The van der Waals surface area contributed by atoms with Crippen LogP contribution in [0.15, 0.2) is 0 Å². The van der Waals surface area contributed by atoms with Crippen molar-refractivity contribution in [3.05, 3.63) is 0 Å². The predicted molar refractivity (Wildman–Crippen MR) is 92.5 cm³/mol. The van der Waals surface area contributed by atoms with Crippen molar-refractivity contribution < 1.29 is 28.7 Å². The van der Waals surface area contributed by atoms with Crippen LogP contribution in [-0.2, 0) is 28.7 Å². The molecule has 1 atom stereocenters. The summed E-state index contributed by atoms with van der Waals surface area (Å²) in [6.07, 6.45) is 3.15. The number of amides is 2. The third kappa shape index (κ3) is 5.05. The molecule has 1 aliphatic heterocycles. The third-order valence-electron chi connectivity index (χ3n) is 5.09. The van der Waals surface area contributed by atoms with Gasteiger partial charge in [0.15, 0.2) is 0 Å². The van der Waals surface area contributed by atoms with Crippen molar-refractivity contribution in [2.75, 3.05) is 13.3 Å². The fourth-order valence-corrected chi connectivity index (χ4v) is 3.35. The van der Waals surface area contributed by atoms with E-state index in [1.165, 1.54) is 4.90 Å². The highest BCUT2D eigenvalue weighted by Crippen LogP contribution is 2.32. The average Bonchev–Trinajstić information content (AvgIpc) is 2.80. The zero-order valence-corrected chi connectivity index (χ0v) is 16.1. The van der Waals surface area contributed by atoms with Crippen LogP contribution in [-0.4, -0.2) is 42.0 Å². The maximum Gasteiger partial charge on any atom is 0.314 e. The maximum absolute atomic E-state index is 12.1. The summed E-state index contributed by atoms with van der Waals surface area (Å²) >= 11 is 0. The van der Waals surface area contributed by atoms with Crippen LogP contribution in [0.2, 0.25) is 0 Å². The minimum atomic E-state index is -0.633. The van der Waals surface area contributed by atoms with E-state index in [9.17, 15) is 19.2 Å². The highest BCUT2D eigenvalue weighted by atomic mass is 16.7. The molecule has 1 unspecified atom stereocenters. The van der Waals surface area contributed by atoms with Gasteiger partial charge >= 0.3 is 11.9 Å². The van der Waals surface area contributed by atoms with E-state index in [0.29, 0.717) is 25.8 Å². The number of hydrogen-bond donors (Lipinski definition) is 0. The van der Waals surface area contributed by atoms with Crippen molar-refractivity contribution in [1.82, 2.24) is 4.90 Å². The maximum atomic E-state index is 12.1. The summed E-state index contributed by atoms with van der Waals surface area (Å²) in [5.41, 5.74) is -0.633. The molecule has 0 N–H and O–H groups in total. The Hall–Kier alpha value is -1.92. The Morgan fingerprint density at radius 2 is 1.69 bits per heavy atom. The lowest BCUT2D eigenvalue weighted by Crippen LogP contribution is -2.37. The molecule has 1 saturated carbocycles. The van der Waals surface area contributed by atoms with Crippen LogP contribution in [0.5, 0.6) is 0 Å². The molecule has 0 bridgehead atoms. The largest absolute Gasteiger partial charge is 0.428 e. The van der Waals surface area contributed by atoms with Gasteiger partial charge in [-0.25, -0.2) is 0 Å². The van der Waals surface area contributed by atoms with Gasteiger partial charge in [0.05, 0.1) is 11.3 Å². The smallest absolute Gasteiger partial charge is 0.314 e. The zero-order chi connectivity index (χ0) is 19.5. The molecule has 0 aromatic rings. The molecule has 1 heterocycles. The summed E-state index contributed by atoms with van der Waals surface area (Å²) in [5.74, 6) is -1.15. The van der Waals surface area contributed by atoms with Crippen molar-refractivity contribution >= 4 is 23.8 Å². The molecule has 0 aromatic carbocycles. The summed E-state index contributed by atoms with van der Waals surface area (Å²) in [6.45, 7) is 7.06. The fourth-order valence-electron chi connectivity index (χ4n) is 3.35. The standard InChI is InChI=1S/C19H29NO6/c1-12-9-15(21)20(16(12)22)10-13-5-7-14(8-6-13)17(23)25-11-26-18(24)19(2,3)4/h12-14H,5-11H2,1-4H3. The zero-order valence-electron chi connectivity index (χ0n) is 16.1. The molecule has 2 fully saturated rings. The second-order valence-electron chi connectivity index (χ2n) is 8.43. The molecular formula is C19H29NO6. The van der Waals surface area contributed by atoms with Gasteiger partial charge in [-0.15, -0.1) is 0 Å². The van der Waals surface area contributed by atoms with Crippen molar-refractivity contribution in [1.29, 1.82) is 0 Å². The fraction of sp³-hybridized carbons (Fsp3) is 0.789. The Morgan fingerprint density at radius 1 is 1.08 bits per heavy atom. The van der Waals surface area contributed by atoms with E-state index in [4.69, 9.17) is 9.47 Å². The first-order chi connectivity index (χ1) is 12.1. The van der Waals surface area contributed by atoms with E-state index >= 15 is 0 Å². The van der Waals surface area contributed by atoms with Crippen LogP contribution in [0.25, 0.3) is 0 Å². The molecule has 2 rings (SSSR count). The van der Waals surface area contributed by atoms with Gasteiger partial charge in [-0.2, -0.15) is 0 Å². The van der Waals surface area contributed by atoms with Gasteiger partial charge in [-0.3, -0.25) is 24.1 Å². The lowest BCUT2D eigenvalue weighted by molar-refractivity contribution is -0.176. The first-order valence-corrected chi connectivity index (χ1v) is 9.27. The van der Waals surface area contributed by atoms with Crippen LogP contribution in [0, 0.1) is 23.2 Å². The number of likely N-dealkylation sites (tertiary alicyclic amines) is 1. The third-order valence-corrected chi connectivity index (χ3v) is 5.09. The molecule has 7 heteroatoms. The average molecular weight is 367 g/mol. The molecule has 146 valence electrons. The van der Waals surface area contributed by atoms with E-state index in [0.717, 1.165) is 12.8 Å². The number of hydrogen-bond acceptors (Lipinski definition) is 6. The summed E-state index contributed by atoms with van der Waals surface area (Å²) in [4.78, 5) is 49.0. The van der Waals surface area contributed by atoms with Crippen molar-refractivity contribution in [3.63, 3.8) is 0 Å². The van der Waals surface area contributed by atoms with Gasteiger partial charge in [0.2, 0.25) is 18.6 Å². The molecule has 0 spiro atoms. The second kappa shape index (κ2) is 8.18. The molecular weight excluding hydrogens is 338 g/mol. The number of nitrogens with zero attached hydrogens (tertiary/aromatic N) is 1. The van der Waals surface area contributed by atoms with Crippen molar-refractivity contribution in [3.8, 4) is 0 Å². The Morgan fingerprint density at radius 3 is 2.19 bits per heavy atom. The molecule has 0 radical (unpaired) electrons. The molecule has 1 saturated heterocycles. The number of carbonyl (C=O) groups excluding carboxylic acids is 4. The first kappa shape index (κ1) is 20.4. The minimum Gasteiger partial charge on any atom is -0.428 e. The van der Waals surface area contributed by atoms with Gasteiger partial charge in [0.25, 0.3) is 0 Å². The lowest BCUT2D eigenvalue weighted by Gasteiger charge is -2.29. The van der Waals surface area contributed by atoms with E-state index in [-0.39, 0.29) is 42.3 Å². The monoisotopic (exact) mass is 367 g/mol. The van der Waals surface area contributed by atoms with Crippen molar-refractivity contribution in [2.24, 2.45) is 23.2 Å². The summed E-state index contributed by atoms with van der Waals surface area (Å²) in [5, 5.41) is 0. The molecule has 2 aliphatic rings. The van der Waals surface area contributed by atoms with Gasteiger partial charge < -0.3 is 9.47 Å². The van der Waals surface area contributed by atoms with E-state index in [1.807, 2.05) is 0 Å². The quantitative estimate of drug-likeness (QED) is 0.421. The number of imide groups is 1. The lowest BCUT2D eigenvalue weighted by atomic mass is 9.82. The Kier molecular flexibility index (Phi) is 6.42.